The van der Waals surface area contributed by atoms with Crippen LogP contribution in [0.2, 0.25) is 5.02 Å². The van der Waals surface area contributed by atoms with Gasteiger partial charge in [-0.3, -0.25) is 9.59 Å². The standard InChI is InChI=1S/C9H7ClN2O3/c1-15-7-3-6-5(2-4(7)10)11-8(13)9(14)12-6/h2-3H,1H3,(H,11,13)(H,12,14). The maximum absolute atomic E-state index is 11.0. The van der Waals surface area contributed by atoms with E-state index >= 15 is 0 Å². The molecule has 2 rings (SSSR count). The van der Waals surface area contributed by atoms with Crippen LogP contribution in [0.3, 0.4) is 0 Å². The molecule has 0 aliphatic carbocycles. The summed E-state index contributed by atoms with van der Waals surface area (Å²) in [7, 11) is 1.47. The number of fused-ring (bicyclic) bond motifs is 1. The molecule has 2 N–H and O–H groups in total. The Morgan fingerprint density at radius 1 is 1.13 bits per heavy atom. The predicted molar refractivity (Wildman–Crippen MR) is 56.8 cm³/mol. The number of hydrogen-bond acceptors (Lipinski definition) is 3. The lowest BCUT2D eigenvalue weighted by Gasteiger charge is -2.04. The molecule has 78 valence electrons. The minimum atomic E-state index is -0.705. The van der Waals surface area contributed by atoms with E-state index in [0.717, 1.165) is 0 Å². The van der Waals surface area contributed by atoms with E-state index < -0.39 is 11.1 Å². The van der Waals surface area contributed by atoms with Gasteiger partial charge in [-0.15, -0.1) is 0 Å². The molecule has 6 heteroatoms. The molecule has 1 aromatic heterocycles. The summed E-state index contributed by atoms with van der Waals surface area (Å²) in [5.74, 6) is 0.437. The number of aromatic nitrogens is 2. The van der Waals surface area contributed by atoms with E-state index in [1.165, 1.54) is 13.2 Å². The molecular weight excluding hydrogens is 220 g/mol. The van der Waals surface area contributed by atoms with Crippen molar-refractivity contribution in [2.45, 2.75) is 0 Å². The van der Waals surface area contributed by atoms with Crippen LogP contribution in [0.5, 0.6) is 5.75 Å². The molecule has 0 saturated heterocycles. The summed E-state index contributed by atoms with van der Waals surface area (Å²) in [5.41, 5.74) is -0.471. The number of rotatable bonds is 1. The van der Waals surface area contributed by atoms with Gasteiger partial charge in [0.1, 0.15) is 5.75 Å². The van der Waals surface area contributed by atoms with E-state index in [-0.39, 0.29) is 0 Å². The van der Waals surface area contributed by atoms with Crippen molar-refractivity contribution in [3.8, 4) is 5.75 Å². The van der Waals surface area contributed by atoms with Crippen LogP contribution < -0.4 is 15.9 Å². The third-order valence-corrected chi connectivity index (χ3v) is 2.29. The largest absolute Gasteiger partial charge is 0.495 e. The molecule has 0 aliphatic heterocycles. The van der Waals surface area contributed by atoms with Gasteiger partial charge in [0.2, 0.25) is 0 Å². The van der Waals surface area contributed by atoms with Crippen LogP contribution in [0.15, 0.2) is 21.7 Å². The Kier molecular flexibility index (Phi) is 2.24. The van der Waals surface area contributed by atoms with Crippen molar-refractivity contribution in [3.63, 3.8) is 0 Å². The van der Waals surface area contributed by atoms with Crippen molar-refractivity contribution in [2.24, 2.45) is 0 Å². The SMILES string of the molecule is COc1cc2[nH]c(=O)c(=O)[nH]c2cc1Cl. The van der Waals surface area contributed by atoms with Gasteiger partial charge in [0.05, 0.1) is 23.2 Å². The van der Waals surface area contributed by atoms with Crippen molar-refractivity contribution in [1.82, 2.24) is 9.97 Å². The first-order chi connectivity index (χ1) is 7.11. The summed E-state index contributed by atoms with van der Waals surface area (Å²) in [4.78, 5) is 26.9. The van der Waals surface area contributed by atoms with Crippen molar-refractivity contribution in [1.29, 1.82) is 0 Å². The first-order valence-corrected chi connectivity index (χ1v) is 4.49. The third kappa shape index (κ3) is 1.61. The maximum Gasteiger partial charge on any atom is 0.314 e. The smallest absolute Gasteiger partial charge is 0.314 e. The molecule has 0 atom stereocenters. The van der Waals surface area contributed by atoms with E-state index in [1.807, 2.05) is 0 Å². The van der Waals surface area contributed by atoms with Gasteiger partial charge in [0, 0.05) is 6.07 Å². The van der Waals surface area contributed by atoms with Crippen molar-refractivity contribution < 1.29 is 4.74 Å². The van der Waals surface area contributed by atoms with Gasteiger partial charge in [-0.1, -0.05) is 11.6 Å². The Hall–Kier alpha value is -1.75. The number of ether oxygens (including phenoxy) is 1. The first-order valence-electron chi connectivity index (χ1n) is 4.11. The normalized spacial score (nSPS) is 10.5. The Morgan fingerprint density at radius 2 is 1.67 bits per heavy atom. The van der Waals surface area contributed by atoms with E-state index in [1.54, 1.807) is 6.07 Å². The zero-order chi connectivity index (χ0) is 11.0. The minimum Gasteiger partial charge on any atom is -0.495 e. The highest BCUT2D eigenvalue weighted by Gasteiger charge is 2.05. The summed E-state index contributed by atoms with van der Waals surface area (Å²) in [6, 6.07) is 3.07. The molecule has 0 spiro atoms. The van der Waals surface area contributed by atoms with Crippen molar-refractivity contribution in [3.05, 3.63) is 37.9 Å². The van der Waals surface area contributed by atoms with Crippen LogP contribution in [0.4, 0.5) is 0 Å². The highest BCUT2D eigenvalue weighted by molar-refractivity contribution is 6.32. The quantitative estimate of drug-likeness (QED) is 0.709. The highest BCUT2D eigenvalue weighted by atomic mass is 35.5. The molecule has 0 fully saturated rings. The summed E-state index contributed by atoms with van der Waals surface area (Å²) in [5, 5.41) is 0.368. The monoisotopic (exact) mass is 226 g/mol. The van der Waals surface area contributed by atoms with E-state index in [0.29, 0.717) is 21.8 Å². The van der Waals surface area contributed by atoms with Crippen LogP contribution >= 0.6 is 11.6 Å². The van der Waals surface area contributed by atoms with Gasteiger partial charge < -0.3 is 14.7 Å². The molecule has 0 radical (unpaired) electrons. The molecular formula is C9H7ClN2O3. The van der Waals surface area contributed by atoms with Gasteiger partial charge >= 0.3 is 11.1 Å². The van der Waals surface area contributed by atoms with Gasteiger partial charge in [-0.05, 0) is 6.07 Å². The van der Waals surface area contributed by atoms with Crippen LogP contribution in [-0.4, -0.2) is 17.1 Å². The number of benzene rings is 1. The average Bonchev–Trinajstić information content (AvgIpc) is 2.20. The fourth-order valence-electron chi connectivity index (χ4n) is 1.27. The van der Waals surface area contributed by atoms with E-state index in [4.69, 9.17) is 16.3 Å². The summed E-state index contributed by atoms with van der Waals surface area (Å²) in [6.07, 6.45) is 0. The second kappa shape index (κ2) is 3.43. The fourth-order valence-corrected chi connectivity index (χ4v) is 1.52. The average molecular weight is 227 g/mol. The van der Waals surface area contributed by atoms with Crippen LogP contribution in [0.1, 0.15) is 0 Å². The second-order valence-corrected chi connectivity index (χ2v) is 3.35. The predicted octanol–water partition coefficient (Wildman–Crippen LogP) is 0.878. The number of aromatic amines is 2. The number of hydrogen-bond donors (Lipinski definition) is 2. The molecule has 15 heavy (non-hydrogen) atoms. The Balaban J connectivity index is 2.88. The molecule has 0 aliphatic rings. The molecule has 0 saturated carbocycles. The number of methoxy groups -OCH3 is 1. The Labute approximate surface area is 88.7 Å². The minimum absolute atomic E-state index is 0.368. The summed E-state index contributed by atoms with van der Waals surface area (Å²) >= 11 is 5.86. The van der Waals surface area contributed by atoms with Crippen LogP contribution in [0, 0.1) is 0 Å². The lowest BCUT2D eigenvalue weighted by Crippen LogP contribution is -2.28. The Morgan fingerprint density at radius 3 is 2.20 bits per heavy atom. The van der Waals surface area contributed by atoms with Crippen molar-refractivity contribution in [2.75, 3.05) is 7.11 Å². The third-order valence-electron chi connectivity index (χ3n) is 1.99. The fraction of sp³-hybridized carbons (Fsp3) is 0.111. The second-order valence-electron chi connectivity index (χ2n) is 2.94. The zero-order valence-corrected chi connectivity index (χ0v) is 8.51. The van der Waals surface area contributed by atoms with Crippen molar-refractivity contribution >= 4 is 22.6 Å². The molecule has 0 bridgehead atoms. The van der Waals surface area contributed by atoms with Gasteiger partial charge in [-0.2, -0.15) is 0 Å². The number of nitrogens with one attached hydrogen (secondary N) is 2. The Bertz CT molecular complexity index is 629. The highest BCUT2D eigenvalue weighted by Crippen LogP contribution is 2.26. The lowest BCUT2D eigenvalue weighted by molar-refractivity contribution is 0.415. The van der Waals surface area contributed by atoms with Crippen LogP contribution in [0.25, 0.3) is 11.0 Å². The zero-order valence-electron chi connectivity index (χ0n) is 7.76. The maximum atomic E-state index is 11.0. The molecule has 0 amide bonds. The summed E-state index contributed by atoms with van der Waals surface area (Å²) < 4.78 is 4.98. The van der Waals surface area contributed by atoms with Crippen LogP contribution in [-0.2, 0) is 0 Å². The van der Waals surface area contributed by atoms with Gasteiger partial charge in [0.25, 0.3) is 0 Å². The van der Waals surface area contributed by atoms with Gasteiger partial charge in [-0.25, -0.2) is 0 Å². The van der Waals surface area contributed by atoms with E-state index in [9.17, 15) is 9.59 Å². The van der Waals surface area contributed by atoms with Gasteiger partial charge in [0.15, 0.2) is 0 Å². The molecule has 1 aromatic carbocycles. The topological polar surface area (TPSA) is 75.0 Å². The first kappa shape index (κ1) is 9.79. The molecule has 2 aromatic rings. The molecule has 5 nitrogen and oxygen atoms in total. The molecule has 1 heterocycles. The number of H-pyrrole nitrogens is 2. The number of halogens is 1. The molecule has 0 unspecified atom stereocenters. The summed E-state index contributed by atoms with van der Waals surface area (Å²) in [6.45, 7) is 0. The van der Waals surface area contributed by atoms with E-state index in [2.05, 4.69) is 9.97 Å². The lowest BCUT2D eigenvalue weighted by atomic mass is 10.3.